The molecule has 9 heteroatoms. The van der Waals surface area contributed by atoms with E-state index in [0.29, 0.717) is 22.2 Å². The van der Waals surface area contributed by atoms with E-state index in [4.69, 9.17) is 4.74 Å². The van der Waals surface area contributed by atoms with Crippen molar-refractivity contribution in [2.45, 2.75) is 12.1 Å². The van der Waals surface area contributed by atoms with Gasteiger partial charge in [0.15, 0.2) is 11.0 Å². The molecule has 0 aliphatic rings. The smallest absolute Gasteiger partial charge is 0.234 e. The third-order valence-electron chi connectivity index (χ3n) is 4.69. The number of hydrogen-bond donors (Lipinski definition) is 1. The van der Waals surface area contributed by atoms with Gasteiger partial charge in [0.05, 0.1) is 12.9 Å². The molecule has 2 heterocycles. The van der Waals surface area contributed by atoms with E-state index in [-0.39, 0.29) is 17.5 Å². The first-order valence-corrected chi connectivity index (χ1v) is 10.7. The zero-order valence-corrected chi connectivity index (χ0v) is 18.3. The number of thioether (sulfide) groups is 1. The van der Waals surface area contributed by atoms with E-state index in [1.54, 1.807) is 38.6 Å². The number of benzene rings is 2. The van der Waals surface area contributed by atoms with Crippen LogP contribution >= 0.6 is 11.8 Å². The van der Waals surface area contributed by atoms with Gasteiger partial charge in [-0.15, -0.1) is 10.2 Å². The van der Waals surface area contributed by atoms with Gasteiger partial charge in [-0.25, -0.2) is 4.39 Å². The molecule has 0 bridgehead atoms. The molecule has 0 saturated carbocycles. The van der Waals surface area contributed by atoms with E-state index in [9.17, 15) is 9.18 Å². The lowest BCUT2D eigenvalue weighted by atomic mass is 10.2. The molecule has 32 heavy (non-hydrogen) atoms. The number of aryl methyl sites for hydroxylation is 1. The SMILES string of the molecule is COc1ccc(-n2c(SCC(=O)Nc3ccc(C)c(F)c3)nnc2-c2ccncc2)cc1. The number of nitrogens with zero attached hydrogens (tertiary/aromatic N) is 4. The van der Waals surface area contributed by atoms with Crippen LogP contribution in [0.25, 0.3) is 17.1 Å². The van der Waals surface area contributed by atoms with E-state index in [1.807, 2.05) is 41.0 Å². The summed E-state index contributed by atoms with van der Waals surface area (Å²) in [5.74, 6) is 0.803. The van der Waals surface area contributed by atoms with Crippen LogP contribution in [0.15, 0.2) is 72.1 Å². The third kappa shape index (κ3) is 4.78. The second kappa shape index (κ2) is 9.61. The Morgan fingerprint density at radius 1 is 1.09 bits per heavy atom. The second-order valence-electron chi connectivity index (χ2n) is 6.88. The summed E-state index contributed by atoms with van der Waals surface area (Å²) in [7, 11) is 1.61. The van der Waals surface area contributed by atoms with Gasteiger partial charge < -0.3 is 10.1 Å². The second-order valence-corrected chi connectivity index (χ2v) is 7.82. The molecule has 0 fully saturated rings. The van der Waals surface area contributed by atoms with Gasteiger partial charge in [0.1, 0.15) is 11.6 Å². The molecule has 4 aromatic rings. The summed E-state index contributed by atoms with van der Waals surface area (Å²) >= 11 is 1.24. The zero-order valence-electron chi connectivity index (χ0n) is 17.4. The zero-order chi connectivity index (χ0) is 22.5. The van der Waals surface area contributed by atoms with Gasteiger partial charge in [-0.2, -0.15) is 0 Å². The summed E-state index contributed by atoms with van der Waals surface area (Å²) in [5.41, 5.74) is 2.60. The molecule has 0 saturated heterocycles. The highest BCUT2D eigenvalue weighted by molar-refractivity contribution is 7.99. The molecular weight excluding hydrogens is 429 g/mol. The highest BCUT2D eigenvalue weighted by atomic mass is 32.2. The number of pyridine rings is 1. The molecular formula is C23H20FN5O2S. The van der Waals surface area contributed by atoms with Crippen molar-refractivity contribution in [3.63, 3.8) is 0 Å². The monoisotopic (exact) mass is 449 g/mol. The minimum atomic E-state index is -0.364. The van der Waals surface area contributed by atoms with Crippen LogP contribution < -0.4 is 10.1 Å². The standard InChI is InChI=1S/C23H20FN5O2S/c1-15-3-4-17(13-20(15)24)26-21(30)14-32-23-28-27-22(16-9-11-25-12-10-16)29(23)18-5-7-19(31-2)8-6-18/h3-13H,14H2,1-2H3,(H,26,30). The van der Waals surface area contributed by atoms with E-state index in [2.05, 4.69) is 20.5 Å². The molecule has 2 aromatic carbocycles. The number of carbonyl (C=O) groups is 1. The summed E-state index contributed by atoms with van der Waals surface area (Å²) in [4.78, 5) is 16.5. The topological polar surface area (TPSA) is 81.9 Å². The van der Waals surface area contributed by atoms with Gasteiger partial charge in [0.2, 0.25) is 5.91 Å². The summed E-state index contributed by atoms with van der Waals surface area (Å²) in [5, 5.41) is 11.9. The van der Waals surface area contributed by atoms with E-state index < -0.39 is 0 Å². The van der Waals surface area contributed by atoms with Gasteiger partial charge >= 0.3 is 0 Å². The lowest BCUT2D eigenvalue weighted by Gasteiger charge is -2.11. The molecule has 0 atom stereocenters. The van der Waals surface area contributed by atoms with Gasteiger partial charge in [-0.05, 0) is 61.0 Å². The van der Waals surface area contributed by atoms with Crippen LogP contribution in [0.4, 0.5) is 10.1 Å². The molecule has 1 N–H and O–H groups in total. The summed E-state index contributed by atoms with van der Waals surface area (Å²) in [6.07, 6.45) is 3.37. The lowest BCUT2D eigenvalue weighted by Crippen LogP contribution is -2.14. The van der Waals surface area contributed by atoms with Crippen LogP contribution in [0.2, 0.25) is 0 Å². The van der Waals surface area contributed by atoms with Crippen molar-refractivity contribution in [2.24, 2.45) is 0 Å². The molecule has 0 radical (unpaired) electrons. The number of carbonyl (C=O) groups excluding carboxylic acids is 1. The molecule has 1 amide bonds. The normalized spacial score (nSPS) is 10.7. The van der Waals surface area contributed by atoms with Crippen molar-refractivity contribution in [2.75, 3.05) is 18.2 Å². The fourth-order valence-electron chi connectivity index (χ4n) is 3.01. The molecule has 0 aliphatic heterocycles. The van der Waals surface area contributed by atoms with Crippen molar-refractivity contribution < 1.29 is 13.9 Å². The third-order valence-corrected chi connectivity index (χ3v) is 5.62. The molecule has 7 nitrogen and oxygen atoms in total. The van der Waals surface area contributed by atoms with Gasteiger partial charge in [0.25, 0.3) is 0 Å². The Hall–Kier alpha value is -3.72. The Bertz CT molecular complexity index is 1230. The van der Waals surface area contributed by atoms with Crippen molar-refractivity contribution in [1.82, 2.24) is 19.7 Å². The highest BCUT2D eigenvalue weighted by Gasteiger charge is 2.17. The summed E-state index contributed by atoms with van der Waals surface area (Å²) in [6.45, 7) is 1.67. The van der Waals surface area contributed by atoms with Crippen LogP contribution in [0.3, 0.4) is 0 Å². The minimum Gasteiger partial charge on any atom is -0.497 e. The van der Waals surface area contributed by atoms with Crippen molar-refractivity contribution in [1.29, 1.82) is 0 Å². The number of hydrogen-bond acceptors (Lipinski definition) is 6. The Morgan fingerprint density at radius 2 is 1.84 bits per heavy atom. The molecule has 2 aromatic heterocycles. The van der Waals surface area contributed by atoms with Crippen molar-refractivity contribution >= 4 is 23.4 Å². The predicted molar refractivity (Wildman–Crippen MR) is 122 cm³/mol. The summed E-state index contributed by atoms with van der Waals surface area (Å²) < 4.78 is 20.9. The van der Waals surface area contributed by atoms with E-state index in [0.717, 1.165) is 17.0 Å². The maximum atomic E-state index is 13.7. The number of amides is 1. The molecule has 0 aliphatic carbocycles. The van der Waals surface area contributed by atoms with E-state index in [1.165, 1.54) is 17.8 Å². The van der Waals surface area contributed by atoms with Gasteiger partial charge in [-0.1, -0.05) is 17.8 Å². The number of halogens is 1. The Balaban J connectivity index is 1.58. The number of nitrogens with one attached hydrogen (secondary N) is 1. The first-order valence-electron chi connectivity index (χ1n) is 9.74. The highest BCUT2D eigenvalue weighted by Crippen LogP contribution is 2.28. The fraction of sp³-hybridized carbons (Fsp3) is 0.130. The Kier molecular flexibility index (Phi) is 6.46. The number of aromatic nitrogens is 4. The number of rotatable bonds is 7. The quantitative estimate of drug-likeness (QED) is 0.418. The average molecular weight is 450 g/mol. The van der Waals surface area contributed by atoms with Crippen molar-refractivity contribution in [3.8, 4) is 22.8 Å². The van der Waals surface area contributed by atoms with Crippen LogP contribution in [0.5, 0.6) is 5.75 Å². The van der Waals surface area contributed by atoms with Crippen LogP contribution in [0.1, 0.15) is 5.56 Å². The summed E-state index contributed by atoms with van der Waals surface area (Å²) in [6, 6.07) is 15.8. The number of anilines is 1. The molecule has 0 unspecified atom stereocenters. The molecule has 4 rings (SSSR count). The minimum absolute atomic E-state index is 0.0835. The Labute approximate surface area is 188 Å². The first kappa shape index (κ1) is 21.5. The van der Waals surface area contributed by atoms with Crippen molar-refractivity contribution in [3.05, 3.63) is 78.4 Å². The Morgan fingerprint density at radius 3 is 2.53 bits per heavy atom. The average Bonchev–Trinajstić information content (AvgIpc) is 3.25. The predicted octanol–water partition coefficient (Wildman–Crippen LogP) is 4.52. The molecule has 0 spiro atoms. The van der Waals surface area contributed by atoms with Crippen LogP contribution in [0, 0.1) is 12.7 Å². The maximum Gasteiger partial charge on any atom is 0.234 e. The number of methoxy groups -OCH3 is 1. The fourth-order valence-corrected chi connectivity index (χ4v) is 3.77. The van der Waals surface area contributed by atoms with Crippen LogP contribution in [-0.2, 0) is 4.79 Å². The number of ether oxygens (including phenoxy) is 1. The van der Waals surface area contributed by atoms with E-state index >= 15 is 0 Å². The van der Waals surface area contributed by atoms with Gasteiger partial charge in [-0.3, -0.25) is 14.3 Å². The maximum absolute atomic E-state index is 13.7. The van der Waals surface area contributed by atoms with Crippen LogP contribution in [-0.4, -0.2) is 38.5 Å². The molecule has 162 valence electrons. The van der Waals surface area contributed by atoms with Gasteiger partial charge in [0, 0.05) is 29.3 Å². The first-order chi connectivity index (χ1) is 15.5. The largest absolute Gasteiger partial charge is 0.497 e. The lowest BCUT2D eigenvalue weighted by molar-refractivity contribution is -0.113.